The second kappa shape index (κ2) is 11.2. The highest BCUT2D eigenvalue weighted by atomic mass is 32.1. The molecule has 0 saturated carbocycles. The lowest BCUT2D eigenvalue weighted by Crippen LogP contribution is -2.02. The number of aromatic nitrogens is 3. The van der Waals surface area contributed by atoms with Crippen LogP contribution in [0.3, 0.4) is 0 Å². The molecule has 0 amide bonds. The van der Waals surface area contributed by atoms with Gasteiger partial charge in [-0.1, -0.05) is 115 Å². The molecule has 0 aliphatic rings. The molecule has 0 spiro atoms. The van der Waals surface area contributed by atoms with Gasteiger partial charge >= 0.3 is 0 Å². The summed E-state index contributed by atoms with van der Waals surface area (Å²) in [7, 11) is 0. The molecule has 4 aromatic heterocycles. The largest absolute Gasteiger partial charge is 0.294 e. The van der Waals surface area contributed by atoms with Gasteiger partial charge in [0, 0.05) is 68.3 Å². The third-order valence-corrected chi connectivity index (χ3v) is 12.4. The molecule has 5 heteroatoms. The number of thiophene rings is 2. The fraction of sp³-hybridized carbons (Fsp3) is 0. The zero-order valence-electron chi connectivity index (χ0n) is 27.2. The monoisotopic (exact) mass is 685 g/mol. The summed E-state index contributed by atoms with van der Waals surface area (Å²) in [6.07, 6.45) is 0. The van der Waals surface area contributed by atoms with Crippen LogP contribution in [0.1, 0.15) is 0 Å². The molecular weight excluding hydrogens is 659 g/mol. The van der Waals surface area contributed by atoms with Gasteiger partial charge in [0.25, 0.3) is 0 Å². The third-order valence-electron chi connectivity index (χ3n) is 10.0. The molecule has 0 atom stereocenters. The van der Waals surface area contributed by atoms with Crippen molar-refractivity contribution < 1.29 is 0 Å². The maximum absolute atomic E-state index is 5.46. The van der Waals surface area contributed by atoms with E-state index in [4.69, 9.17) is 9.97 Å². The van der Waals surface area contributed by atoms with Gasteiger partial charge in [0.1, 0.15) is 5.82 Å². The van der Waals surface area contributed by atoms with E-state index in [1.54, 1.807) is 0 Å². The van der Waals surface area contributed by atoms with E-state index >= 15 is 0 Å². The molecule has 3 nitrogen and oxygen atoms in total. The summed E-state index contributed by atoms with van der Waals surface area (Å²) in [5.41, 5.74) is 7.59. The molecule has 0 N–H and O–H groups in total. The van der Waals surface area contributed by atoms with Crippen LogP contribution in [-0.2, 0) is 0 Å². The molecule has 4 heterocycles. The highest BCUT2D eigenvalue weighted by molar-refractivity contribution is 7.26. The topological polar surface area (TPSA) is 30.7 Å². The molecule has 51 heavy (non-hydrogen) atoms. The van der Waals surface area contributed by atoms with Crippen LogP contribution in [0.25, 0.3) is 102 Å². The first kappa shape index (κ1) is 28.7. The average molecular weight is 686 g/mol. The summed E-state index contributed by atoms with van der Waals surface area (Å²) in [5, 5.41) is 7.50. The van der Waals surface area contributed by atoms with Crippen LogP contribution in [-0.4, -0.2) is 14.5 Å². The van der Waals surface area contributed by atoms with Gasteiger partial charge in [-0.05, 0) is 53.6 Å². The maximum atomic E-state index is 5.46. The highest BCUT2D eigenvalue weighted by Crippen LogP contribution is 2.42. The van der Waals surface area contributed by atoms with E-state index in [0.29, 0.717) is 0 Å². The first-order chi connectivity index (χ1) is 25.3. The molecule has 11 aromatic rings. The summed E-state index contributed by atoms with van der Waals surface area (Å²) in [6.45, 7) is 0. The molecule has 0 saturated heterocycles. The lowest BCUT2D eigenvalue weighted by Gasteiger charge is -2.13. The van der Waals surface area contributed by atoms with Crippen molar-refractivity contribution >= 4 is 84.8 Å². The van der Waals surface area contributed by atoms with Gasteiger partial charge < -0.3 is 0 Å². The molecular formula is C46H27N3S2. The van der Waals surface area contributed by atoms with E-state index in [1.807, 2.05) is 22.7 Å². The van der Waals surface area contributed by atoms with E-state index in [1.165, 1.54) is 56.7 Å². The van der Waals surface area contributed by atoms with Gasteiger partial charge in [-0.15, -0.1) is 22.7 Å². The van der Waals surface area contributed by atoms with Gasteiger partial charge in [0.15, 0.2) is 5.82 Å². The third kappa shape index (κ3) is 4.49. The molecule has 7 aromatic carbocycles. The first-order valence-electron chi connectivity index (χ1n) is 17.1. The Balaban J connectivity index is 1.22. The number of hydrogen-bond donors (Lipinski definition) is 0. The Morgan fingerprint density at radius 2 is 1.06 bits per heavy atom. The summed E-state index contributed by atoms with van der Waals surface area (Å²) < 4.78 is 7.41. The lowest BCUT2D eigenvalue weighted by atomic mass is 10.0. The van der Waals surface area contributed by atoms with E-state index < -0.39 is 0 Å². The first-order valence-corrected chi connectivity index (χ1v) is 18.7. The number of para-hydroxylation sites is 1. The van der Waals surface area contributed by atoms with Crippen molar-refractivity contribution in [2.45, 2.75) is 0 Å². The number of fused-ring (bicyclic) bond motifs is 9. The Morgan fingerprint density at radius 3 is 1.92 bits per heavy atom. The summed E-state index contributed by atoms with van der Waals surface area (Å²) in [5.74, 6) is 1.57. The van der Waals surface area contributed by atoms with Gasteiger partial charge in [-0.25, -0.2) is 9.97 Å². The van der Waals surface area contributed by atoms with Crippen LogP contribution in [0.5, 0.6) is 0 Å². The fourth-order valence-corrected chi connectivity index (χ4v) is 10.0. The number of rotatable bonds is 4. The van der Waals surface area contributed by atoms with Gasteiger partial charge in [-0.2, -0.15) is 0 Å². The summed E-state index contributed by atoms with van der Waals surface area (Å²) in [4.78, 5) is 10.8. The smallest absolute Gasteiger partial charge is 0.163 e. The fourth-order valence-electron chi connectivity index (χ4n) is 7.66. The second-order valence-corrected chi connectivity index (χ2v) is 15.1. The molecule has 238 valence electrons. The number of nitrogens with zero attached hydrogens (tertiary/aromatic N) is 3. The Bertz CT molecular complexity index is 3150. The van der Waals surface area contributed by atoms with Crippen LogP contribution in [0.2, 0.25) is 0 Å². The van der Waals surface area contributed by atoms with E-state index in [0.717, 1.165) is 45.1 Å². The highest BCUT2D eigenvalue weighted by Gasteiger charge is 2.20. The van der Waals surface area contributed by atoms with Crippen molar-refractivity contribution in [2.24, 2.45) is 0 Å². The Kier molecular flexibility index (Phi) is 6.29. The predicted octanol–water partition coefficient (Wildman–Crippen LogP) is 13.3. The van der Waals surface area contributed by atoms with Crippen LogP contribution in [0, 0.1) is 0 Å². The van der Waals surface area contributed by atoms with E-state index in [9.17, 15) is 0 Å². The molecule has 0 bridgehead atoms. The zero-order valence-corrected chi connectivity index (χ0v) is 28.9. The predicted molar refractivity (Wildman–Crippen MR) is 218 cm³/mol. The Hall–Kier alpha value is -6.14. The van der Waals surface area contributed by atoms with Crippen molar-refractivity contribution in [3.05, 3.63) is 164 Å². The minimum Gasteiger partial charge on any atom is -0.294 e. The minimum atomic E-state index is 0.720. The zero-order chi connectivity index (χ0) is 33.5. The molecule has 0 fully saturated rings. The molecule has 0 aliphatic heterocycles. The van der Waals surface area contributed by atoms with Crippen molar-refractivity contribution in [3.63, 3.8) is 0 Å². The van der Waals surface area contributed by atoms with E-state index in [-0.39, 0.29) is 0 Å². The van der Waals surface area contributed by atoms with Crippen molar-refractivity contribution in [3.8, 4) is 39.6 Å². The Labute approximate surface area is 301 Å². The quantitative estimate of drug-likeness (QED) is 0.185. The van der Waals surface area contributed by atoms with Crippen LogP contribution in [0.4, 0.5) is 0 Å². The maximum Gasteiger partial charge on any atom is 0.163 e. The number of benzene rings is 7. The van der Waals surface area contributed by atoms with Crippen molar-refractivity contribution in [2.75, 3.05) is 0 Å². The van der Waals surface area contributed by atoms with Crippen molar-refractivity contribution in [1.82, 2.24) is 14.5 Å². The molecule has 0 radical (unpaired) electrons. The molecule has 0 unspecified atom stereocenters. The molecule has 0 aliphatic carbocycles. The van der Waals surface area contributed by atoms with Gasteiger partial charge in [0.05, 0.1) is 16.7 Å². The summed E-state index contributed by atoms with van der Waals surface area (Å²) in [6, 6.07) is 58.8. The molecule has 11 rings (SSSR count). The summed E-state index contributed by atoms with van der Waals surface area (Å²) >= 11 is 3.67. The van der Waals surface area contributed by atoms with Gasteiger partial charge in [-0.3, -0.25) is 4.57 Å². The lowest BCUT2D eigenvalue weighted by molar-refractivity contribution is 1.05. The van der Waals surface area contributed by atoms with Crippen molar-refractivity contribution in [1.29, 1.82) is 0 Å². The van der Waals surface area contributed by atoms with Crippen LogP contribution < -0.4 is 0 Å². The minimum absolute atomic E-state index is 0.720. The standard InChI is InChI=1S/C46H27N3S2/c1-2-12-28(13-3-1)29-14-10-15-30(24-29)38-27-44(48-46(47-38)35-20-11-19-34-32-17-5-9-23-42(32)51-45(34)35)49-39-21-7-4-16-31(39)36-26-43-37(25-40(36)49)33-18-6-8-22-41(33)50-43/h1-27H. The van der Waals surface area contributed by atoms with E-state index in [2.05, 4.69) is 168 Å². The van der Waals surface area contributed by atoms with Crippen LogP contribution >= 0.6 is 22.7 Å². The average Bonchev–Trinajstić information content (AvgIpc) is 3.86. The second-order valence-electron chi connectivity index (χ2n) is 13.0. The Morgan fingerprint density at radius 1 is 0.392 bits per heavy atom. The number of hydrogen-bond acceptors (Lipinski definition) is 4. The normalized spacial score (nSPS) is 11.9. The SMILES string of the molecule is c1ccc(-c2cccc(-c3cc(-n4c5ccccc5c5cc6sc7ccccc7c6cc54)nc(-c4cccc5c4sc4ccccc45)n3)c2)cc1. The van der Waals surface area contributed by atoms with Gasteiger partial charge in [0.2, 0.25) is 0 Å². The van der Waals surface area contributed by atoms with Crippen LogP contribution in [0.15, 0.2) is 164 Å².